The van der Waals surface area contributed by atoms with E-state index >= 15 is 0 Å². The predicted octanol–water partition coefficient (Wildman–Crippen LogP) is 1.09. The van der Waals surface area contributed by atoms with E-state index in [1.165, 1.54) is 0 Å². The molecule has 0 fully saturated rings. The van der Waals surface area contributed by atoms with Crippen molar-refractivity contribution < 1.29 is 4.79 Å². The molecule has 0 aliphatic heterocycles. The molecule has 0 radical (unpaired) electrons. The fourth-order valence-electron chi connectivity index (χ4n) is 0.320. The first-order valence-corrected chi connectivity index (χ1v) is 6.85. The first kappa shape index (κ1) is 11.1. The smallest absolute Gasteiger partial charge is 0.237 e. The van der Waals surface area contributed by atoms with Gasteiger partial charge in [-0.2, -0.15) is 4.83 Å². The zero-order valence-electron chi connectivity index (χ0n) is 7.34. The molecule has 5 heteroatoms. The number of rotatable bonds is 3. The highest BCUT2D eigenvalue weighted by Gasteiger charge is 2.09. The molecule has 0 aliphatic carbocycles. The van der Waals surface area contributed by atoms with Crippen LogP contribution in [0.15, 0.2) is 0 Å². The largest absolute Gasteiger partial charge is 0.282 e. The second-order valence-corrected chi connectivity index (χ2v) is 8.51. The van der Waals surface area contributed by atoms with Gasteiger partial charge < -0.3 is 0 Å². The number of thiol groups is 1. The van der Waals surface area contributed by atoms with Crippen molar-refractivity contribution in [3.05, 3.63) is 0 Å². The quantitative estimate of drug-likeness (QED) is 0.359. The molecule has 0 spiro atoms. The van der Waals surface area contributed by atoms with Crippen LogP contribution in [0.25, 0.3) is 0 Å². The van der Waals surface area contributed by atoms with Crippen molar-refractivity contribution in [3.8, 4) is 0 Å². The molecule has 1 amide bonds. The van der Waals surface area contributed by atoms with Crippen molar-refractivity contribution >= 4 is 26.8 Å². The van der Waals surface area contributed by atoms with Crippen molar-refractivity contribution in [2.24, 2.45) is 5.92 Å². The third kappa shape index (κ3) is 6.52. The van der Waals surface area contributed by atoms with Gasteiger partial charge in [-0.15, -0.1) is 20.9 Å². The number of carbonyl (C=O) groups excluding carboxylic acids is 1. The van der Waals surface area contributed by atoms with Crippen LogP contribution in [0.4, 0.5) is 0 Å². The van der Waals surface area contributed by atoms with Crippen molar-refractivity contribution in [3.63, 3.8) is 0 Å². The number of hydrogen-bond donors (Lipinski definition) is 3. The molecule has 0 saturated heterocycles. The molecule has 2 N–H and O–H groups in total. The maximum atomic E-state index is 11.0. The van der Waals surface area contributed by atoms with Gasteiger partial charge in [0.15, 0.2) is 0 Å². The van der Waals surface area contributed by atoms with Gasteiger partial charge in [-0.05, 0) is 12.5 Å². The van der Waals surface area contributed by atoms with Gasteiger partial charge in [0.1, 0.15) is 0 Å². The summed E-state index contributed by atoms with van der Waals surface area (Å²) >= 11 is 4.26. The maximum absolute atomic E-state index is 11.0. The van der Waals surface area contributed by atoms with E-state index in [9.17, 15) is 4.79 Å². The summed E-state index contributed by atoms with van der Waals surface area (Å²) in [5, 5.41) is 0. The van der Waals surface area contributed by atoms with Gasteiger partial charge in [-0.3, -0.25) is 10.2 Å². The predicted molar refractivity (Wildman–Crippen MR) is 54.5 cm³/mol. The molecule has 0 aliphatic rings. The Kier molecular flexibility index (Phi) is 4.28. The van der Waals surface area contributed by atoms with Gasteiger partial charge in [0.25, 0.3) is 0 Å². The molecule has 0 rings (SSSR count). The van der Waals surface area contributed by atoms with E-state index in [4.69, 9.17) is 0 Å². The fraction of sp³-hybridized carbons (Fsp3) is 0.833. The van der Waals surface area contributed by atoms with Crippen LogP contribution < -0.4 is 10.3 Å². The van der Waals surface area contributed by atoms with E-state index in [-0.39, 0.29) is 11.8 Å². The monoisotopic (exact) mass is 196 g/mol. The molecule has 68 valence electrons. The van der Waals surface area contributed by atoms with Crippen molar-refractivity contribution in [2.75, 3.05) is 12.5 Å². The molecule has 11 heavy (non-hydrogen) atoms. The topological polar surface area (TPSA) is 41.1 Å². The van der Waals surface area contributed by atoms with Crippen molar-refractivity contribution in [1.29, 1.82) is 0 Å². The lowest BCUT2D eigenvalue weighted by atomic mass is 10.2. The van der Waals surface area contributed by atoms with Crippen LogP contribution in [0.5, 0.6) is 0 Å². The lowest BCUT2D eigenvalue weighted by molar-refractivity contribution is -0.124. The highest BCUT2D eigenvalue weighted by molar-refractivity contribution is 8.86. The molecule has 0 unspecified atom stereocenters. The standard InChI is InChI=1S/C6H16N2OS2/c1-5(2)6(9)7-8-11(3,4)10/h5,8,10H,1-4H3,(H,7,9). The highest BCUT2D eigenvalue weighted by Crippen LogP contribution is 2.38. The third-order valence-corrected chi connectivity index (χ3v) is 1.82. The molecular weight excluding hydrogens is 180 g/mol. The van der Waals surface area contributed by atoms with Gasteiger partial charge in [-0.1, -0.05) is 13.8 Å². The number of amides is 1. The van der Waals surface area contributed by atoms with E-state index in [1.54, 1.807) is 0 Å². The zero-order valence-corrected chi connectivity index (χ0v) is 9.05. The molecular formula is C6H16N2OS2. The Morgan fingerprint density at radius 2 is 1.91 bits per heavy atom. The average molecular weight is 196 g/mol. The number of hydrazine groups is 1. The SMILES string of the molecule is CC(C)C(=O)NNS(C)(C)S. The molecule has 0 aromatic rings. The minimum Gasteiger partial charge on any atom is -0.282 e. The van der Waals surface area contributed by atoms with Crippen molar-refractivity contribution in [2.45, 2.75) is 13.8 Å². The Bertz CT molecular complexity index is 142. The van der Waals surface area contributed by atoms with E-state index < -0.39 is 9.25 Å². The fourth-order valence-corrected chi connectivity index (χ4v) is 0.807. The second kappa shape index (κ2) is 4.23. The van der Waals surface area contributed by atoms with Gasteiger partial charge in [0, 0.05) is 5.92 Å². The van der Waals surface area contributed by atoms with Crippen LogP contribution in [-0.4, -0.2) is 18.4 Å². The summed E-state index contributed by atoms with van der Waals surface area (Å²) in [6.07, 6.45) is 3.88. The van der Waals surface area contributed by atoms with E-state index in [0.29, 0.717) is 0 Å². The molecule has 0 saturated carbocycles. The minimum absolute atomic E-state index is 0.000347. The Labute approximate surface area is 74.5 Å². The highest BCUT2D eigenvalue weighted by atomic mass is 33.1. The Hall–Kier alpha value is 0.130. The normalized spacial score (nSPS) is 13.3. The number of carbonyl (C=O) groups is 1. The van der Waals surface area contributed by atoms with Crippen LogP contribution >= 0.6 is 20.9 Å². The first-order valence-electron chi connectivity index (χ1n) is 3.35. The molecule has 0 bridgehead atoms. The Morgan fingerprint density at radius 3 is 2.18 bits per heavy atom. The summed E-state index contributed by atoms with van der Waals surface area (Å²) in [6.45, 7) is 3.69. The van der Waals surface area contributed by atoms with Crippen LogP contribution in [0.2, 0.25) is 0 Å². The number of nitrogens with one attached hydrogen (secondary N) is 2. The maximum Gasteiger partial charge on any atom is 0.237 e. The Balaban J connectivity index is 3.64. The van der Waals surface area contributed by atoms with Gasteiger partial charge >= 0.3 is 0 Å². The molecule has 0 aromatic heterocycles. The Morgan fingerprint density at radius 1 is 1.45 bits per heavy atom. The van der Waals surface area contributed by atoms with Crippen LogP contribution in [0, 0.1) is 5.92 Å². The molecule has 0 aromatic carbocycles. The van der Waals surface area contributed by atoms with Crippen LogP contribution in [-0.2, 0) is 4.79 Å². The molecule has 0 atom stereocenters. The summed E-state index contributed by atoms with van der Waals surface area (Å²) < 4.78 is 0. The van der Waals surface area contributed by atoms with Gasteiger partial charge in [0.2, 0.25) is 5.91 Å². The third-order valence-electron chi connectivity index (χ3n) is 0.948. The van der Waals surface area contributed by atoms with Gasteiger partial charge in [-0.25, -0.2) is 0 Å². The summed E-state index contributed by atoms with van der Waals surface area (Å²) in [5.74, 6) is 0.0113. The summed E-state index contributed by atoms with van der Waals surface area (Å²) in [7, 11) is -1.14. The van der Waals surface area contributed by atoms with Crippen LogP contribution in [0.1, 0.15) is 13.8 Å². The molecule has 0 heterocycles. The van der Waals surface area contributed by atoms with Crippen LogP contribution in [0.3, 0.4) is 0 Å². The summed E-state index contributed by atoms with van der Waals surface area (Å²) in [4.78, 5) is 13.8. The lowest BCUT2D eigenvalue weighted by Gasteiger charge is -2.25. The van der Waals surface area contributed by atoms with E-state index in [1.807, 2.05) is 26.4 Å². The van der Waals surface area contributed by atoms with E-state index in [0.717, 1.165) is 0 Å². The van der Waals surface area contributed by atoms with Gasteiger partial charge in [0.05, 0.1) is 0 Å². The summed E-state index contributed by atoms with van der Waals surface area (Å²) in [5.41, 5.74) is 2.59. The summed E-state index contributed by atoms with van der Waals surface area (Å²) in [6, 6.07) is 0. The first-order chi connectivity index (χ1) is 4.83. The number of hydrogen-bond acceptors (Lipinski definition) is 3. The average Bonchev–Trinajstić information content (AvgIpc) is 1.80. The van der Waals surface area contributed by atoms with E-state index in [2.05, 4.69) is 21.9 Å². The van der Waals surface area contributed by atoms with Crippen molar-refractivity contribution in [1.82, 2.24) is 10.3 Å². The zero-order chi connectivity index (χ0) is 9.07. The second-order valence-electron chi connectivity index (χ2n) is 3.02. The molecule has 3 nitrogen and oxygen atoms in total. The minimum atomic E-state index is -1.14. The lowest BCUT2D eigenvalue weighted by Crippen LogP contribution is -2.39.